The molecule has 0 fully saturated rings. The number of carbonyl (C=O) groups excluding carboxylic acids is 1. The van der Waals surface area contributed by atoms with Crippen LogP contribution in [0.4, 0.5) is 13.2 Å². The molecule has 7 nitrogen and oxygen atoms in total. The number of aryl methyl sites for hydroxylation is 2. The number of imidazole rings is 1. The quantitative estimate of drug-likeness (QED) is 0.189. The fraction of sp³-hybridized carbons (Fsp3) is 0.138. The van der Waals surface area contributed by atoms with Crippen LogP contribution in [0.25, 0.3) is 44.3 Å². The molecule has 2 N–H and O–H groups in total. The van der Waals surface area contributed by atoms with E-state index in [2.05, 4.69) is 14.7 Å². The number of carboxylic acids is 1. The Balaban J connectivity index is 1.72. The minimum absolute atomic E-state index is 0.0573. The number of methoxy groups -OCH3 is 1. The van der Waals surface area contributed by atoms with E-state index >= 15 is 0 Å². The lowest BCUT2D eigenvalue weighted by Crippen LogP contribution is -2.28. The number of nitrogens with one attached hydrogen (secondary N) is 1. The number of benzene rings is 4. The van der Waals surface area contributed by atoms with Gasteiger partial charge in [0.05, 0.1) is 29.1 Å². The van der Waals surface area contributed by atoms with Crippen LogP contribution < -0.4 is 9.47 Å². The van der Waals surface area contributed by atoms with Crippen LogP contribution in [0.5, 0.6) is 11.5 Å². The molecule has 0 atom stereocenters. The van der Waals surface area contributed by atoms with E-state index in [-0.39, 0.29) is 21.9 Å². The Labute approximate surface area is 219 Å². The summed E-state index contributed by atoms with van der Waals surface area (Å²) in [5.74, 6) is -3.54. The molecule has 0 bridgehead atoms. The summed E-state index contributed by atoms with van der Waals surface area (Å²) in [5, 5.41) is 9.73. The number of fused-ring (bicyclic) bond motifs is 3. The third-order valence-electron chi connectivity index (χ3n) is 6.50. The molecule has 10 heteroatoms. The number of esters is 1. The number of rotatable bonds is 5. The number of H-pyrrole nitrogens is 1. The second-order valence-electron chi connectivity index (χ2n) is 9.00. The molecule has 0 spiro atoms. The molecule has 5 rings (SSSR count). The molecular formula is C29H21F3N2O5. The molecule has 0 aliphatic rings. The molecule has 1 aromatic heterocycles. The van der Waals surface area contributed by atoms with E-state index in [1.54, 1.807) is 12.1 Å². The van der Waals surface area contributed by atoms with E-state index in [0.717, 1.165) is 28.3 Å². The first-order valence-corrected chi connectivity index (χ1v) is 11.7. The fourth-order valence-electron chi connectivity index (χ4n) is 4.46. The van der Waals surface area contributed by atoms with Crippen molar-refractivity contribution in [2.45, 2.75) is 20.0 Å². The lowest BCUT2D eigenvalue weighted by Gasteiger charge is -2.13. The van der Waals surface area contributed by atoms with Crippen LogP contribution in [0, 0.1) is 13.8 Å². The van der Waals surface area contributed by atoms with Crippen molar-refractivity contribution in [3.05, 3.63) is 77.4 Å². The summed E-state index contributed by atoms with van der Waals surface area (Å²) in [7, 11) is 1.53. The summed E-state index contributed by atoms with van der Waals surface area (Å²) in [4.78, 5) is 31.1. The first-order chi connectivity index (χ1) is 18.5. The zero-order valence-corrected chi connectivity index (χ0v) is 20.9. The van der Waals surface area contributed by atoms with Gasteiger partial charge in [-0.2, -0.15) is 13.2 Å². The van der Waals surface area contributed by atoms with Gasteiger partial charge in [0.25, 0.3) is 0 Å². The van der Waals surface area contributed by atoms with E-state index in [1.807, 2.05) is 44.2 Å². The van der Waals surface area contributed by atoms with Gasteiger partial charge in [-0.3, -0.25) is 0 Å². The number of aromatic carboxylic acids is 1. The number of ether oxygens (including phenoxy) is 2. The number of carboxylic acid groups (broad SMARTS) is 1. The molecule has 198 valence electrons. The maximum absolute atomic E-state index is 13.0. The highest BCUT2D eigenvalue weighted by Crippen LogP contribution is 2.41. The van der Waals surface area contributed by atoms with Crippen molar-refractivity contribution < 1.29 is 37.3 Å². The topological polar surface area (TPSA) is 102 Å². The molecule has 0 saturated carbocycles. The van der Waals surface area contributed by atoms with Gasteiger partial charge < -0.3 is 19.6 Å². The van der Waals surface area contributed by atoms with Gasteiger partial charge in [-0.15, -0.1) is 0 Å². The predicted molar refractivity (Wildman–Crippen MR) is 139 cm³/mol. The van der Waals surface area contributed by atoms with Crippen molar-refractivity contribution in [1.29, 1.82) is 0 Å². The number of nitrogens with zero attached hydrogens (tertiary/aromatic N) is 1. The van der Waals surface area contributed by atoms with Gasteiger partial charge in [-0.05, 0) is 60.2 Å². The molecule has 0 amide bonds. The highest BCUT2D eigenvalue weighted by molar-refractivity contribution is 6.11. The lowest BCUT2D eigenvalue weighted by molar-refractivity contribution is -0.189. The zero-order chi connectivity index (χ0) is 28.1. The van der Waals surface area contributed by atoms with Crippen molar-refractivity contribution in [3.8, 4) is 34.0 Å². The number of alkyl halides is 3. The first kappa shape index (κ1) is 25.8. The number of aromatic nitrogens is 2. The summed E-state index contributed by atoms with van der Waals surface area (Å²) in [5.41, 5.74) is 4.88. The second-order valence-corrected chi connectivity index (χ2v) is 9.00. The largest absolute Gasteiger partial charge is 0.495 e. The van der Waals surface area contributed by atoms with Crippen LogP contribution in [-0.2, 0) is 4.79 Å². The molecule has 1 heterocycles. The molecule has 0 aliphatic heterocycles. The standard InChI is InChI=1S/C29H21F3N2O5/c1-14-7-8-16(11-15(14)2)19-5-4-6-20(25(19)38-3)26-33-21-10-9-17-12-18(27(35)36)13-22(23(17)24(21)34-26)39-28(37)29(30,31)32/h4-13H,1-3H3,(H,33,34)(H,35,36). The van der Waals surface area contributed by atoms with E-state index in [0.29, 0.717) is 22.7 Å². The van der Waals surface area contributed by atoms with Crippen molar-refractivity contribution in [1.82, 2.24) is 9.97 Å². The van der Waals surface area contributed by atoms with Gasteiger partial charge in [0.1, 0.15) is 22.8 Å². The average molecular weight is 534 g/mol. The summed E-state index contributed by atoms with van der Waals surface area (Å²) in [6.45, 7) is 4.03. The zero-order valence-electron chi connectivity index (χ0n) is 20.9. The van der Waals surface area contributed by atoms with Gasteiger partial charge in [-0.1, -0.05) is 36.4 Å². The maximum atomic E-state index is 13.0. The summed E-state index contributed by atoms with van der Waals surface area (Å²) < 4.78 is 49.5. The van der Waals surface area contributed by atoms with Gasteiger partial charge >= 0.3 is 18.1 Å². The van der Waals surface area contributed by atoms with Crippen molar-refractivity contribution in [2.24, 2.45) is 0 Å². The van der Waals surface area contributed by atoms with E-state index in [1.165, 1.54) is 19.2 Å². The second kappa shape index (κ2) is 9.46. The van der Waals surface area contributed by atoms with E-state index in [9.17, 15) is 27.9 Å². The maximum Gasteiger partial charge on any atom is 0.491 e. The number of hydrogen-bond donors (Lipinski definition) is 2. The molecule has 0 aliphatic carbocycles. The SMILES string of the molecule is COc1c(-c2ccc(C)c(C)c2)cccc1-c1nc2c(ccc3cc(C(=O)O)cc(OC(=O)C(F)(F)F)c32)[nH]1. The van der Waals surface area contributed by atoms with Crippen molar-refractivity contribution in [2.75, 3.05) is 7.11 Å². The summed E-state index contributed by atoms with van der Waals surface area (Å²) in [6.07, 6.45) is -5.28. The lowest BCUT2D eigenvalue weighted by atomic mass is 9.97. The van der Waals surface area contributed by atoms with Gasteiger partial charge in [-0.25, -0.2) is 14.6 Å². The highest BCUT2D eigenvalue weighted by atomic mass is 19.4. The van der Waals surface area contributed by atoms with E-state index in [4.69, 9.17) is 4.74 Å². The Bertz CT molecular complexity index is 1790. The van der Waals surface area contributed by atoms with Gasteiger partial charge in [0.2, 0.25) is 0 Å². The molecule has 0 unspecified atom stereocenters. The number of halogens is 3. The Hall–Kier alpha value is -4.86. The predicted octanol–water partition coefficient (Wildman–Crippen LogP) is 6.84. The minimum atomic E-state index is -5.28. The van der Waals surface area contributed by atoms with Crippen LogP contribution in [0.3, 0.4) is 0 Å². The average Bonchev–Trinajstić information content (AvgIpc) is 3.33. The fourth-order valence-corrected chi connectivity index (χ4v) is 4.46. The summed E-state index contributed by atoms with van der Waals surface area (Å²) in [6, 6.07) is 16.9. The number of hydrogen-bond acceptors (Lipinski definition) is 5. The van der Waals surface area contributed by atoms with Crippen LogP contribution in [0.2, 0.25) is 0 Å². The molecule has 39 heavy (non-hydrogen) atoms. The third-order valence-corrected chi connectivity index (χ3v) is 6.50. The third kappa shape index (κ3) is 4.65. The molecule has 0 radical (unpaired) electrons. The summed E-state index contributed by atoms with van der Waals surface area (Å²) >= 11 is 0. The molecule has 5 aromatic rings. The molecule has 4 aromatic carbocycles. The number of carbonyl (C=O) groups is 2. The van der Waals surface area contributed by atoms with Crippen LogP contribution >= 0.6 is 0 Å². The highest BCUT2D eigenvalue weighted by Gasteiger charge is 2.42. The Morgan fingerprint density at radius 1 is 0.949 bits per heavy atom. The van der Waals surface area contributed by atoms with Crippen LogP contribution in [-0.4, -0.2) is 40.3 Å². The van der Waals surface area contributed by atoms with Crippen molar-refractivity contribution >= 4 is 33.7 Å². The molecule has 0 saturated heterocycles. The van der Waals surface area contributed by atoms with Gasteiger partial charge in [0, 0.05) is 5.56 Å². The monoisotopic (exact) mass is 534 g/mol. The smallest absolute Gasteiger partial charge is 0.491 e. The first-order valence-electron chi connectivity index (χ1n) is 11.7. The van der Waals surface area contributed by atoms with E-state index < -0.39 is 23.9 Å². The molecular weight excluding hydrogens is 513 g/mol. The normalized spacial score (nSPS) is 11.6. The number of aromatic amines is 1. The Morgan fingerprint density at radius 2 is 1.69 bits per heavy atom. The Morgan fingerprint density at radius 3 is 2.36 bits per heavy atom. The Kier molecular flexibility index (Phi) is 6.26. The van der Waals surface area contributed by atoms with Crippen molar-refractivity contribution in [3.63, 3.8) is 0 Å². The van der Waals surface area contributed by atoms with Gasteiger partial charge in [0.15, 0.2) is 0 Å². The van der Waals surface area contributed by atoms with Crippen LogP contribution in [0.15, 0.2) is 60.7 Å². The minimum Gasteiger partial charge on any atom is -0.495 e. The van der Waals surface area contributed by atoms with Crippen LogP contribution in [0.1, 0.15) is 21.5 Å². The number of para-hydroxylation sites is 1.